The van der Waals surface area contributed by atoms with Crippen LogP contribution in [0, 0.1) is 0 Å². The minimum absolute atomic E-state index is 0.315. The van der Waals surface area contributed by atoms with Gasteiger partial charge in [0, 0.05) is 0 Å². The van der Waals surface area contributed by atoms with E-state index in [4.69, 9.17) is 5.73 Å². The number of ether oxygens (including phenoxy) is 1. The Kier molecular flexibility index (Phi) is 5.87. The standard InChI is InChI=1S/C9H18N2O3/c1-4-5-7(10)8(12)11-6(2)9(13)14-3/h6-7H,4-5,10H2,1-3H3,(H,11,12). The highest BCUT2D eigenvalue weighted by molar-refractivity contribution is 5.87. The van der Waals surface area contributed by atoms with Gasteiger partial charge >= 0.3 is 5.97 Å². The predicted molar refractivity (Wildman–Crippen MR) is 52.5 cm³/mol. The summed E-state index contributed by atoms with van der Waals surface area (Å²) >= 11 is 0. The summed E-state index contributed by atoms with van der Waals surface area (Å²) < 4.78 is 4.46. The van der Waals surface area contributed by atoms with Crippen LogP contribution >= 0.6 is 0 Å². The van der Waals surface area contributed by atoms with E-state index in [0.717, 1.165) is 6.42 Å². The van der Waals surface area contributed by atoms with Gasteiger partial charge in [-0.2, -0.15) is 0 Å². The molecule has 0 bridgehead atoms. The van der Waals surface area contributed by atoms with Gasteiger partial charge in [0.25, 0.3) is 0 Å². The fraction of sp³-hybridized carbons (Fsp3) is 0.778. The number of amides is 1. The van der Waals surface area contributed by atoms with Crippen LogP contribution in [-0.4, -0.2) is 31.1 Å². The number of nitrogens with two attached hydrogens (primary N) is 1. The van der Waals surface area contributed by atoms with E-state index < -0.39 is 18.1 Å². The molecule has 14 heavy (non-hydrogen) atoms. The first-order chi connectivity index (χ1) is 6.52. The number of hydrogen-bond donors (Lipinski definition) is 2. The van der Waals surface area contributed by atoms with Gasteiger partial charge in [-0.05, 0) is 13.3 Å². The zero-order valence-corrected chi connectivity index (χ0v) is 8.87. The van der Waals surface area contributed by atoms with E-state index in [-0.39, 0.29) is 5.91 Å². The van der Waals surface area contributed by atoms with Crippen molar-refractivity contribution >= 4 is 11.9 Å². The van der Waals surface area contributed by atoms with Crippen molar-refractivity contribution in [1.29, 1.82) is 0 Å². The first kappa shape index (κ1) is 12.9. The zero-order chi connectivity index (χ0) is 11.1. The van der Waals surface area contributed by atoms with Gasteiger partial charge in [0.2, 0.25) is 5.91 Å². The Bertz CT molecular complexity index is 206. The van der Waals surface area contributed by atoms with Crippen LogP contribution in [0.3, 0.4) is 0 Å². The van der Waals surface area contributed by atoms with Gasteiger partial charge in [-0.1, -0.05) is 13.3 Å². The molecule has 0 aliphatic carbocycles. The Hall–Kier alpha value is -1.10. The molecule has 0 aromatic heterocycles. The van der Waals surface area contributed by atoms with Crippen molar-refractivity contribution in [1.82, 2.24) is 5.32 Å². The SMILES string of the molecule is CCCC(N)C(=O)NC(C)C(=O)OC. The molecule has 0 aliphatic heterocycles. The highest BCUT2D eigenvalue weighted by atomic mass is 16.5. The monoisotopic (exact) mass is 202 g/mol. The third-order valence-corrected chi connectivity index (χ3v) is 1.85. The second kappa shape index (κ2) is 6.37. The van der Waals surface area contributed by atoms with Crippen molar-refractivity contribution in [2.24, 2.45) is 5.73 Å². The fourth-order valence-electron chi connectivity index (χ4n) is 0.998. The molecule has 0 saturated heterocycles. The topological polar surface area (TPSA) is 81.4 Å². The van der Waals surface area contributed by atoms with Crippen LogP contribution in [0.2, 0.25) is 0 Å². The lowest BCUT2D eigenvalue weighted by atomic mass is 10.1. The molecule has 0 aliphatic rings. The van der Waals surface area contributed by atoms with E-state index in [2.05, 4.69) is 10.1 Å². The number of carbonyl (C=O) groups excluding carboxylic acids is 2. The summed E-state index contributed by atoms with van der Waals surface area (Å²) in [6, 6.07) is -1.19. The van der Waals surface area contributed by atoms with Gasteiger partial charge in [-0.25, -0.2) is 4.79 Å². The van der Waals surface area contributed by atoms with E-state index in [9.17, 15) is 9.59 Å². The maximum atomic E-state index is 11.3. The summed E-state index contributed by atoms with van der Waals surface area (Å²) in [6.45, 7) is 3.50. The summed E-state index contributed by atoms with van der Waals surface area (Å²) in [4.78, 5) is 22.3. The maximum absolute atomic E-state index is 11.3. The van der Waals surface area contributed by atoms with Crippen LogP contribution in [-0.2, 0) is 14.3 Å². The Morgan fingerprint density at radius 1 is 1.50 bits per heavy atom. The third kappa shape index (κ3) is 4.23. The molecule has 2 unspecified atom stereocenters. The predicted octanol–water partition coefficient (Wildman–Crippen LogP) is -0.208. The van der Waals surface area contributed by atoms with E-state index in [1.165, 1.54) is 7.11 Å². The quantitative estimate of drug-likeness (QED) is 0.604. The fourth-order valence-corrected chi connectivity index (χ4v) is 0.998. The molecule has 3 N–H and O–H groups in total. The average Bonchev–Trinajstić information content (AvgIpc) is 2.16. The third-order valence-electron chi connectivity index (χ3n) is 1.85. The van der Waals surface area contributed by atoms with Crippen molar-refractivity contribution in [3.63, 3.8) is 0 Å². The van der Waals surface area contributed by atoms with Crippen LogP contribution in [0.4, 0.5) is 0 Å². The Morgan fingerprint density at radius 2 is 2.07 bits per heavy atom. The van der Waals surface area contributed by atoms with Crippen LogP contribution in [0.15, 0.2) is 0 Å². The van der Waals surface area contributed by atoms with Gasteiger partial charge in [0.05, 0.1) is 13.2 Å². The largest absolute Gasteiger partial charge is 0.467 e. The lowest BCUT2D eigenvalue weighted by Crippen LogP contribution is -2.47. The minimum atomic E-state index is -0.643. The Labute approximate surface area is 84.0 Å². The smallest absolute Gasteiger partial charge is 0.328 e. The summed E-state index contributed by atoms with van der Waals surface area (Å²) in [5, 5.41) is 2.48. The van der Waals surface area contributed by atoms with E-state index in [1.54, 1.807) is 6.92 Å². The molecular formula is C9H18N2O3. The average molecular weight is 202 g/mol. The van der Waals surface area contributed by atoms with Crippen LogP contribution in [0.1, 0.15) is 26.7 Å². The number of nitrogens with one attached hydrogen (secondary N) is 1. The number of esters is 1. The molecule has 5 nitrogen and oxygen atoms in total. The first-order valence-electron chi connectivity index (χ1n) is 4.66. The van der Waals surface area contributed by atoms with Crippen LogP contribution in [0.5, 0.6) is 0 Å². The summed E-state index contributed by atoms with van der Waals surface area (Å²) in [6.07, 6.45) is 1.45. The van der Waals surface area contributed by atoms with Crippen LogP contribution in [0.25, 0.3) is 0 Å². The lowest BCUT2D eigenvalue weighted by Gasteiger charge is -2.15. The number of rotatable bonds is 5. The Morgan fingerprint density at radius 3 is 2.50 bits per heavy atom. The van der Waals surface area contributed by atoms with Crippen molar-refractivity contribution in [2.45, 2.75) is 38.8 Å². The normalized spacial score (nSPS) is 14.3. The van der Waals surface area contributed by atoms with E-state index in [0.29, 0.717) is 6.42 Å². The number of hydrogen-bond acceptors (Lipinski definition) is 4. The summed E-state index contributed by atoms with van der Waals surface area (Å²) in [5.41, 5.74) is 5.55. The van der Waals surface area contributed by atoms with Crippen LogP contribution < -0.4 is 11.1 Å². The molecule has 5 heteroatoms. The molecular weight excluding hydrogens is 184 g/mol. The molecule has 1 amide bonds. The first-order valence-corrected chi connectivity index (χ1v) is 4.66. The van der Waals surface area contributed by atoms with Gasteiger partial charge in [0.15, 0.2) is 0 Å². The van der Waals surface area contributed by atoms with Gasteiger partial charge in [-0.15, -0.1) is 0 Å². The summed E-state index contributed by atoms with van der Waals surface area (Å²) in [5.74, 6) is -0.785. The van der Waals surface area contributed by atoms with Crippen molar-refractivity contribution in [3.8, 4) is 0 Å². The molecule has 0 heterocycles. The molecule has 0 saturated carbocycles. The molecule has 0 rings (SSSR count). The molecule has 0 aromatic carbocycles. The zero-order valence-electron chi connectivity index (χ0n) is 8.87. The molecule has 0 spiro atoms. The minimum Gasteiger partial charge on any atom is -0.467 e. The van der Waals surface area contributed by atoms with Gasteiger partial charge < -0.3 is 15.8 Å². The highest BCUT2D eigenvalue weighted by Crippen LogP contribution is 1.94. The van der Waals surface area contributed by atoms with E-state index in [1.807, 2.05) is 6.92 Å². The Balaban J connectivity index is 3.98. The summed E-state index contributed by atoms with van der Waals surface area (Å²) in [7, 11) is 1.27. The van der Waals surface area contributed by atoms with Crippen molar-refractivity contribution in [2.75, 3.05) is 7.11 Å². The van der Waals surface area contributed by atoms with Gasteiger partial charge in [-0.3, -0.25) is 4.79 Å². The van der Waals surface area contributed by atoms with E-state index >= 15 is 0 Å². The molecule has 0 radical (unpaired) electrons. The molecule has 82 valence electrons. The number of methoxy groups -OCH3 is 1. The molecule has 0 aromatic rings. The highest BCUT2D eigenvalue weighted by Gasteiger charge is 2.19. The number of carbonyl (C=O) groups is 2. The second-order valence-corrected chi connectivity index (χ2v) is 3.15. The van der Waals surface area contributed by atoms with Crippen molar-refractivity contribution < 1.29 is 14.3 Å². The molecule has 2 atom stereocenters. The van der Waals surface area contributed by atoms with Crippen molar-refractivity contribution in [3.05, 3.63) is 0 Å². The molecule has 0 fully saturated rings. The lowest BCUT2D eigenvalue weighted by molar-refractivity contribution is -0.144. The maximum Gasteiger partial charge on any atom is 0.328 e. The second-order valence-electron chi connectivity index (χ2n) is 3.15. The van der Waals surface area contributed by atoms with Gasteiger partial charge in [0.1, 0.15) is 6.04 Å².